The number of nitrogens with two attached hydrogens (primary N) is 1. The summed E-state index contributed by atoms with van der Waals surface area (Å²) in [5.41, 5.74) is 0.180. The number of nitrogens with one attached hydrogen (secondary N) is 2. The molecule has 144 valence electrons. The smallest absolute Gasteiger partial charge is 0 e. The second-order valence-electron chi connectivity index (χ2n) is 3.95. The standard InChI is InChI=1S/C11H12N3O4S2.3CO.Re/c12-20(17,18)14-10-5-7-11(8-6-10)19(15,16)13-9-3-1-2-4-9;3*1-2;/h1-8,13-14H,(H2,12,17,18);;;;. The number of anilines is 1. The van der Waals surface area contributed by atoms with Gasteiger partial charge in [0.1, 0.15) is 0 Å². The van der Waals surface area contributed by atoms with Crippen LogP contribution in [0.25, 0.3) is 0 Å². The summed E-state index contributed by atoms with van der Waals surface area (Å²) in [5.74, 6) is 0. The van der Waals surface area contributed by atoms with E-state index in [1.807, 2.05) is 4.72 Å². The van der Waals surface area contributed by atoms with Crippen LogP contribution in [0.5, 0.6) is 0 Å². The molecule has 27 heavy (non-hydrogen) atoms. The topological polar surface area (TPSA) is 178 Å². The quantitative estimate of drug-likeness (QED) is 0.322. The molecule has 1 aliphatic carbocycles. The van der Waals surface area contributed by atoms with E-state index < -0.39 is 20.2 Å². The molecule has 13 heteroatoms. The van der Waals surface area contributed by atoms with E-state index in [1.165, 1.54) is 24.3 Å². The Morgan fingerprint density at radius 1 is 0.778 bits per heavy atom. The maximum Gasteiger partial charge on any atom is 0 e. The molecule has 10 nitrogen and oxygen atoms in total. The number of hydrogen-bond acceptors (Lipinski definition) is 4. The second kappa shape index (κ2) is 15.7. The van der Waals surface area contributed by atoms with Crippen LogP contribution in [0.3, 0.4) is 0 Å². The van der Waals surface area contributed by atoms with E-state index in [0.29, 0.717) is 6.04 Å². The number of rotatable bonds is 5. The van der Waals surface area contributed by atoms with Crippen molar-refractivity contribution in [2.75, 3.05) is 4.72 Å². The SMILES string of the molecule is NS(=O)(=O)Nc1ccc(S(=O)(=O)N[C]2[CH][CH][CH][CH]2)cc1.[C-]#[O+].[C-]#[O+].[C-]#[O+].[Re]. The first kappa shape index (κ1) is 30.4. The van der Waals surface area contributed by atoms with Gasteiger partial charge in [0.15, 0.2) is 0 Å². The van der Waals surface area contributed by atoms with Crippen molar-refractivity contribution in [1.82, 2.24) is 4.72 Å². The number of benzene rings is 1. The Bertz CT molecular complexity index is 783. The van der Waals surface area contributed by atoms with Gasteiger partial charge in [0.25, 0.3) is 10.2 Å². The Labute approximate surface area is 172 Å². The van der Waals surface area contributed by atoms with Crippen LogP contribution in [0.4, 0.5) is 5.69 Å². The van der Waals surface area contributed by atoms with Gasteiger partial charge in [-0.1, -0.05) is 0 Å². The molecular formula is C14H12N3O7ReS2. The molecule has 0 unspecified atom stereocenters. The van der Waals surface area contributed by atoms with Crippen molar-refractivity contribution in [3.8, 4) is 0 Å². The van der Waals surface area contributed by atoms with Gasteiger partial charge in [-0.15, -0.1) is 0 Å². The molecule has 0 heterocycles. The van der Waals surface area contributed by atoms with Gasteiger partial charge in [0, 0.05) is 26.1 Å². The zero-order valence-electron chi connectivity index (χ0n) is 13.2. The monoisotopic (exact) mass is 585 g/mol. The third-order valence-electron chi connectivity index (χ3n) is 2.34. The van der Waals surface area contributed by atoms with Crippen LogP contribution in [0.15, 0.2) is 29.2 Å². The van der Waals surface area contributed by atoms with Crippen LogP contribution in [0.2, 0.25) is 0 Å². The molecule has 4 N–H and O–H groups in total. The van der Waals surface area contributed by atoms with Crippen molar-refractivity contribution in [2.45, 2.75) is 4.90 Å². The Hall–Kier alpha value is -1.28. The van der Waals surface area contributed by atoms with E-state index in [1.54, 1.807) is 25.7 Å². The Morgan fingerprint density at radius 2 is 1.19 bits per heavy atom. The summed E-state index contributed by atoms with van der Waals surface area (Å²) < 4.78 is 72.6. The predicted molar refractivity (Wildman–Crippen MR) is 85.7 cm³/mol. The molecule has 0 aromatic heterocycles. The third-order valence-corrected chi connectivity index (χ3v) is 4.26. The van der Waals surface area contributed by atoms with E-state index in [2.05, 4.69) is 24.7 Å². The van der Waals surface area contributed by atoms with Gasteiger partial charge in [0.2, 0.25) is 10.0 Å². The van der Waals surface area contributed by atoms with E-state index >= 15 is 0 Å². The van der Waals surface area contributed by atoms with Gasteiger partial charge in [0.05, 0.1) is 10.9 Å². The van der Waals surface area contributed by atoms with E-state index in [4.69, 9.17) is 19.1 Å². The fourth-order valence-electron chi connectivity index (χ4n) is 1.52. The summed E-state index contributed by atoms with van der Waals surface area (Å²) in [7, 11) is -7.58. The van der Waals surface area contributed by atoms with Crippen LogP contribution < -0.4 is 14.6 Å². The summed E-state index contributed by atoms with van der Waals surface area (Å²) in [6.07, 6.45) is 6.65. The Kier molecular flexibility index (Phi) is 17.8. The summed E-state index contributed by atoms with van der Waals surface area (Å²) >= 11 is 0. The maximum absolute atomic E-state index is 12.0. The average molecular weight is 585 g/mol. The summed E-state index contributed by atoms with van der Waals surface area (Å²) in [6.45, 7) is 13.5. The first-order valence-corrected chi connectivity index (χ1v) is 9.06. The molecule has 1 aromatic rings. The minimum absolute atomic E-state index is 0. The first-order chi connectivity index (χ1) is 12.3. The van der Waals surface area contributed by atoms with Gasteiger partial charge in [-0.25, -0.2) is 18.3 Å². The zero-order valence-corrected chi connectivity index (χ0v) is 17.6. The summed E-state index contributed by atoms with van der Waals surface area (Å²) in [6, 6.07) is 5.63. The second-order valence-corrected chi connectivity index (χ2v) is 6.93. The molecule has 0 atom stereocenters. The number of sulfonamides is 1. The molecule has 1 aromatic carbocycles. The van der Waals surface area contributed by atoms with E-state index in [-0.39, 0.29) is 31.0 Å². The van der Waals surface area contributed by atoms with Crippen molar-refractivity contribution >= 4 is 25.9 Å². The van der Waals surface area contributed by atoms with Crippen LogP contribution in [0, 0.1) is 51.7 Å². The van der Waals surface area contributed by atoms with Crippen molar-refractivity contribution < 1.29 is 51.2 Å². The van der Waals surface area contributed by atoms with Crippen molar-refractivity contribution in [3.63, 3.8) is 0 Å². The van der Waals surface area contributed by atoms with Gasteiger partial charge in [-0.05, 0) is 49.9 Å². The predicted octanol–water partition coefficient (Wildman–Crippen LogP) is -0.172. The molecule has 0 saturated heterocycles. The minimum atomic E-state index is -3.88. The zero-order chi connectivity index (χ0) is 20.8. The molecule has 1 fully saturated rings. The molecule has 1 saturated carbocycles. The summed E-state index contributed by atoms with van der Waals surface area (Å²) in [4.78, 5) is 0.0127. The minimum Gasteiger partial charge on any atom is 0 e. The average Bonchev–Trinajstić information content (AvgIpc) is 3.11. The maximum atomic E-state index is 12.0. The van der Waals surface area contributed by atoms with Crippen LogP contribution in [0.1, 0.15) is 0 Å². The molecular weight excluding hydrogens is 573 g/mol. The van der Waals surface area contributed by atoms with E-state index in [0.717, 1.165) is 0 Å². The Balaban J connectivity index is -0.000000749. The molecule has 2 rings (SSSR count). The van der Waals surface area contributed by atoms with Crippen LogP contribution in [-0.4, -0.2) is 16.8 Å². The van der Waals surface area contributed by atoms with Crippen molar-refractivity contribution in [3.05, 3.63) is 75.9 Å². The van der Waals surface area contributed by atoms with Crippen molar-refractivity contribution in [2.24, 2.45) is 5.14 Å². The Morgan fingerprint density at radius 3 is 1.56 bits per heavy atom. The number of hydrogen-bond donors (Lipinski definition) is 3. The molecule has 0 spiro atoms. The fourth-order valence-corrected chi connectivity index (χ4v) is 3.05. The largest absolute Gasteiger partial charge is 0 e. The normalized spacial score (nSPS) is 13.0. The fraction of sp³-hybridized carbons (Fsp3) is 0. The summed E-state index contributed by atoms with van der Waals surface area (Å²) in [5, 5.41) is 4.81. The van der Waals surface area contributed by atoms with E-state index in [9.17, 15) is 16.8 Å². The van der Waals surface area contributed by atoms with Gasteiger partial charge >= 0.3 is 33.9 Å². The molecule has 0 bridgehead atoms. The molecule has 0 aliphatic heterocycles. The van der Waals surface area contributed by atoms with Gasteiger partial charge in [-0.3, -0.25) is 4.72 Å². The molecule has 1 aliphatic rings. The molecule has 0 amide bonds. The van der Waals surface area contributed by atoms with Gasteiger partial charge < -0.3 is 0 Å². The first-order valence-electron chi connectivity index (χ1n) is 6.03. The van der Waals surface area contributed by atoms with Crippen LogP contribution in [-0.2, 0) is 54.6 Å². The van der Waals surface area contributed by atoms with Crippen molar-refractivity contribution in [1.29, 1.82) is 0 Å². The van der Waals surface area contributed by atoms with Crippen LogP contribution >= 0.6 is 0 Å². The molecule has 6 radical (unpaired) electrons. The third kappa shape index (κ3) is 12.7. The van der Waals surface area contributed by atoms with Gasteiger partial charge in [-0.2, -0.15) is 8.42 Å².